The van der Waals surface area contributed by atoms with Crippen molar-refractivity contribution in [1.82, 2.24) is 0 Å². The average Bonchev–Trinajstić information content (AvgIpc) is 4.01. The van der Waals surface area contributed by atoms with Crippen molar-refractivity contribution in [1.29, 1.82) is 0 Å². The van der Waals surface area contributed by atoms with E-state index in [2.05, 4.69) is 221 Å². The minimum Gasteiger partial charge on any atom is -0.311 e. The molecule has 1 spiro atoms. The lowest BCUT2D eigenvalue weighted by Crippen LogP contribution is -2.60. The highest BCUT2D eigenvalue weighted by molar-refractivity contribution is 7.33. The fourth-order valence-corrected chi connectivity index (χ4v) is 14.5. The molecule has 0 unspecified atom stereocenters. The van der Waals surface area contributed by atoms with Crippen molar-refractivity contribution in [2.75, 3.05) is 9.80 Å². The van der Waals surface area contributed by atoms with Gasteiger partial charge in [-0.2, -0.15) is 13.2 Å². The van der Waals surface area contributed by atoms with Gasteiger partial charge in [-0.05, 0) is 155 Å². The molecule has 0 saturated carbocycles. The predicted molar refractivity (Wildman–Crippen MR) is 300 cm³/mol. The molecule has 0 amide bonds. The normalized spacial score (nSPS) is 14.7. The lowest BCUT2D eigenvalue weighted by molar-refractivity contribution is -0.137. The molecule has 2 nitrogen and oxygen atoms in total. The van der Waals surface area contributed by atoms with Gasteiger partial charge in [0, 0.05) is 43.3 Å². The first-order chi connectivity index (χ1) is 35.1. The van der Waals surface area contributed by atoms with Gasteiger partial charge in [0.25, 0.3) is 6.71 Å². The van der Waals surface area contributed by atoms with E-state index in [0.717, 1.165) is 39.2 Å². The number of anilines is 6. The van der Waals surface area contributed by atoms with Crippen LogP contribution in [0, 0.1) is 0 Å². The molecule has 0 atom stereocenters. The topological polar surface area (TPSA) is 6.48 Å². The summed E-state index contributed by atoms with van der Waals surface area (Å²) in [6.45, 7) is 13.4. The Morgan fingerprint density at radius 2 is 1.00 bits per heavy atom. The Kier molecular flexibility index (Phi) is 9.20. The highest BCUT2D eigenvalue weighted by Gasteiger charge is 2.53. The fourth-order valence-electron chi connectivity index (χ4n) is 13.2. The van der Waals surface area contributed by atoms with Gasteiger partial charge in [-0.3, -0.25) is 0 Å². The average molecular weight is 971 g/mol. The Labute approximate surface area is 429 Å². The van der Waals surface area contributed by atoms with Gasteiger partial charge in [-0.15, -0.1) is 11.3 Å². The highest BCUT2D eigenvalue weighted by Crippen LogP contribution is 2.64. The summed E-state index contributed by atoms with van der Waals surface area (Å²) in [4.78, 5) is 4.67. The van der Waals surface area contributed by atoms with Crippen LogP contribution < -0.4 is 25.5 Å². The summed E-state index contributed by atoms with van der Waals surface area (Å²) in [5, 5.41) is 1.20. The van der Waals surface area contributed by atoms with E-state index < -0.39 is 17.2 Å². The zero-order valence-corrected chi connectivity index (χ0v) is 42.3. The zero-order chi connectivity index (χ0) is 49.9. The molecule has 1 aromatic heterocycles. The Bertz CT molecular complexity index is 3870. The van der Waals surface area contributed by atoms with E-state index in [4.69, 9.17) is 0 Å². The number of para-hydroxylation sites is 1. The molecule has 0 radical (unpaired) electrons. The van der Waals surface area contributed by atoms with Crippen molar-refractivity contribution in [3.63, 3.8) is 0 Å². The van der Waals surface area contributed by atoms with Gasteiger partial charge in [0.2, 0.25) is 0 Å². The van der Waals surface area contributed by atoms with Crippen molar-refractivity contribution in [3.05, 3.63) is 233 Å². The summed E-state index contributed by atoms with van der Waals surface area (Å²) in [6, 6.07) is 68.4. The predicted octanol–water partition coefficient (Wildman–Crippen LogP) is 16.6. The standard InChI is InChI=1S/C66H50BF3N2S/c1-63(2,3)51-26-16-27-52(64(4,5)6)59(51)39-30-35-54-57(36-39)71(42-33-31-40(32-34-42)66(68,69)70)55-28-17-29-56-60(55)67(54)62-61(72(56)41-18-8-7-9-19-41)47-37-46-45-22-12-15-25-50(45)65(53(46)38-58(47)73-62)48-23-13-10-20-43(48)44-21-11-14-24-49(44)65/h7-38H,1-6H3. The van der Waals surface area contributed by atoms with E-state index in [0.29, 0.717) is 5.69 Å². The van der Waals surface area contributed by atoms with Gasteiger partial charge in [0.05, 0.1) is 16.7 Å². The van der Waals surface area contributed by atoms with E-state index in [1.54, 1.807) is 12.1 Å². The van der Waals surface area contributed by atoms with Crippen LogP contribution in [0.1, 0.15) is 80.5 Å². The van der Waals surface area contributed by atoms with Crippen LogP contribution in [0.5, 0.6) is 0 Å². The lowest BCUT2D eigenvalue weighted by Gasteiger charge is -2.43. The molecule has 0 bridgehead atoms. The van der Waals surface area contributed by atoms with Crippen LogP contribution in [0.4, 0.5) is 47.3 Å². The van der Waals surface area contributed by atoms with Gasteiger partial charge in [0.1, 0.15) is 0 Å². The Balaban J connectivity index is 1.07. The molecule has 10 aromatic rings. The van der Waals surface area contributed by atoms with Crippen molar-refractivity contribution < 1.29 is 13.2 Å². The Morgan fingerprint density at radius 3 is 1.59 bits per heavy atom. The van der Waals surface area contributed by atoms with E-state index >= 15 is 0 Å². The third-order valence-corrected chi connectivity index (χ3v) is 17.3. The lowest BCUT2D eigenvalue weighted by atomic mass is 9.36. The summed E-state index contributed by atoms with van der Waals surface area (Å²) in [6.07, 6.45) is -4.47. The number of thiophene rings is 1. The van der Waals surface area contributed by atoms with Crippen LogP contribution in [0.15, 0.2) is 194 Å². The number of halogens is 3. The van der Waals surface area contributed by atoms with Crippen LogP contribution in [0.2, 0.25) is 0 Å². The fraction of sp³-hybridized carbons (Fsp3) is 0.152. The summed E-state index contributed by atoms with van der Waals surface area (Å²) >= 11 is 1.88. The summed E-state index contributed by atoms with van der Waals surface area (Å²) < 4.78 is 45.3. The molecule has 73 heavy (non-hydrogen) atoms. The van der Waals surface area contributed by atoms with Crippen molar-refractivity contribution >= 4 is 78.0 Å². The third kappa shape index (κ3) is 6.12. The van der Waals surface area contributed by atoms with Crippen molar-refractivity contribution in [3.8, 4) is 33.4 Å². The Hall–Kier alpha value is -7.61. The van der Waals surface area contributed by atoms with E-state index in [1.165, 1.54) is 93.9 Å². The van der Waals surface area contributed by atoms with Crippen LogP contribution in [0.3, 0.4) is 0 Å². The maximum absolute atomic E-state index is 14.3. The summed E-state index contributed by atoms with van der Waals surface area (Å²) in [5.41, 5.74) is 21.7. The van der Waals surface area contributed by atoms with Crippen LogP contribution in [0.25, 0.3) is 43.5 Å². The van der Waals surface area contributed by atoms with Gasteiger partial charge in [-0.1, -0.05) is 169 Å². The van der Waals surface area contributed by atoms with Gasteiger partial charge in [0.15, 0.2) is 0 Å². The minimum absolute atomic E-state index is 0.167. The molecule has 0 fully saturated rings. The first kappa shape index (κ1) is 44.1. The third-order valence-electron chi connectivity index (χ3n) is 16.1. The molecule has 2 aliphatic carbocycles. The molecule has 7 heteroatoms. The molecule has 2 aliphatic heterocycles. The van der Waals surface area contributed by atoms with Crippen LogP contribution in [-0.2, 0) is 22.4 Å². The number of rotatable bonds is 3. The SMILES string of the molecule is CC(C)(C)c1cccc(C(C)(C)C)c1-c1ccc2c(c1)N(c1ccc(C(F)(F)F)cc1)c1cccc3c1B2c1sc2cc4c(cc2c1N3c1ccccc1)-c1ccccc1C41c2ccccc2-c2ccccc21. The largest absolute Gasteiger partial charge is 0.416 e. The highest BCUT2D eigenvalue weighted by atomic mass is 32.1. The van der Waals surface area contributed by atoms with E-state index in [-0.39, 0.29) is 17.5 Å². The molecular formula is C66H50BF3N2S. The maximum atomic E-state index is 14.3. The maximum Gasteiger partial charge on any atom is 0.416 e. The molecule has 4 aliphatic rings. The van der Waals surface area contributed by atoms with E-state index in [1.807, 2.05) is 11.3 Å². The van der Waals surface area contributed by atoms with E-state index in [9.17, 15) is 13.2 Å². The van der Waals surface area contributed by atoms with Crippen molar-refractivity contribution in [2.45, 2.75) is 64.0 Å². The summed E-state index contributed by atoms with van der Waals surface area (Å²) in [5.74, 6) is 0. The zero-order valence-electron chi connectivity index (χ0n) is 41.5. The van der Waals surface area contributed by atoms with Crippen molar-refractivity contribution in [2.24, 2.45) is 0 Å². The number of hydrogen-bond acceptors (Lipinski definition) is 3. The second kappa shape index (κ2) is 15.2. The van der Waals surface area contributed by atoms with Gasteiger partial charge >= 0.3 is 6.18 Å². The number of fused-ring (bicyclic) bond motifs is 16. The number of alkyl halides is 3. The second-order valence-corrected chi connectivity index (χ2v) is 23.4. The summed E-state index contributed by atoms with van der Waals surface area (Å²) in [7, 11) is 0. The first-order valence-electron chi connectivity index (χ1n) is 25.3. The molecule has 354 valence electrons. The number of nitrogens with zero attached hydrogens (tertiary/aromatic N) is 2. The second-order valence-electron chi connectivity index (χ2n) is 22.3. The molecule has 0 N–H and O–H groups in total. The van der Waals surface area contributed by atoms with Crippen LogP contribution in [-0.4, -0.2) is 6.71 Å². The van der Waals surface area contributed by atoms with Gasteiger partial charge < -0.3 is 9.80 Å². The first-order valence-corrected chi connectivity index (χ1v) is 26.1. The monoisotopic (exact) mass is 970 g/mol. The molecule has 3 heterocycles. The quantitative estimate of drug-likeness (QED) is 0.163. The smallest absolute Gasteiger partial charge is 0.311 e. The Morgan fingerprint density at radius 1 is 0.466 bits per heavy atom. The molecular weight excluding hydrogens is 921 g/mol. The molecule has 14 rings (SSSR count). The molecule has 0 saturated heterocycles. The number of benzene rings is 9. The minimum atomic E-state index is -4.47. The number of hydrogen-bond donors (Lipinski definition) is 0. The molecule has 9 aromatic carbocycles. The van der Waals surface area contributed by atoms with Crippen LogP contribution >= 0.6 is 11.3 Å². The van der Waals surface area contributed by atoms with Gasteiger partial charge in [-0.25, -0.2) is 0 Å².